The van der Waals surface area contributed by atoms with Crippen molar-refractivity contribution in [3.8, 4) is 0 Å². The molecular weight excluding hydrogens is 386 g/mol. The van der Waals surface area contributed by atoms with Crippen LogP contribution in [0.4, 0.5) is 11.4 Å². The van der Waals surface area contributed by atoms with E-state index in [-0.39, 0.29) is 5.91 Å². The monoisotopic (exact) mass is 413 g/mol. The zero-order valence-corrected chi connectivity index (χ0v) is 17.8. The Labute approximate surface area is 172 Å². The van der Waals surface area contributed by atoms with Crippen molar-refractivity contribution in [3.05, 3.63) is 53.1 Å². The van der Waals surface area contributed by atoms with Crippen molar-refractivity contribution in [2.45, 2.75) is 38.0 Å². The highest BCUT2D eigenvalue weighted by Crippen LogP contribution is 2.28. The first-order valence-corrected chi connectivity index (χ1v) is 11.5. The summed E-state index contributed by atoms with van der Waals surface area (Å²) in [5.41, 5.74) is 5.30. The summed E-state index contributed by atoms with van der Waals surface area (Å²) in [6.07, 6.45) is 1.91. The molecule has 1 N–H and O–H groups in total. The summed E-state index contributed by atoms with van der Waals surface area (Å²) < 4.78 is 28.0. The number of anilines is 2. The van der Waals surface area contributed by atoms with E-state index in [4.69, 9.17) is 0 Å². The minimum atomic E-state index is -3.55. The maximum atomic E-state index is 13.2. The van der Waals surface area contributed by atoms with Gasteiger partial charge in [0.25, 0.3) is 0 Å². The molecule has 2 heterocycles. The smallest absolute Gasteiger partial charge is 0.243 e. The number of carbonyl (C=O) groups is 1. The summed E-state index contributed by atoms with van der Waals surface area (Å²) in [5.74, 6) is -0.0121. The average molecular weight is 414 g/mol. The van der Waals surface area contributed by atoms with Crippen molar-refractivity contribution < 1.29 is 13.2 Å². The second-order valence-corrected chi connectivity index (χ2v) is 9.77. The summed E-state index contributed by atoms with van der Waals surface area (Å²) in [6.45, 7) is 6.48. The molecule has 2 aliphatic rings. The first kappa shape index (κ1) is 19.9. The normalized spacial score (nSPS) is 18.1. The number of rotatable bonds is 3. The topological polar surface area (TPSA) is 69.7 Å². The molecule has 2 aromatic carbocycles. The summed E-state index contributed by atoms with van der Waals surface area (Å²) in [5, 5.41) is 2.86. The van der Waals surface area contributed by atoms with Crippen molar-refractivity contribution in [3.63, 3.8) is 0 Å². The SMILES string of the molecule is Cc1cccc(N2CCN(S(=O)(=O)c3ccc4c(c3)CCCC(=O)N4)CC2)c1C. The number of aryl methyl sites for hydroxylation is 2. The van der Waals surface area contributed by atoms with Gasteiger partial charge in [0.1, 0.15) is 0 Å². The third-order valence-corrected chi connectivity index (χ3v) is 7.89. The van der Waals surface area contributed by atoms with E-state index in [1.165, 1.54) is 16.8 Å². The standard InChI is InChI=1S/C22H27N3O3S/c1-16-5-3-7-21(17(16)2)24-11-13-25(14-12-24)29(27,28)19-9-10-20-18(15-19)6-4-8-22(26)23-20/h3,5,7,9-10,15H,4,6,8,11-14H2,1-2H3,(H,23,26). The van der Waals surface area contributed by atoms with Gasteiger partial charge in [0.2, 0.25) is 15.9 Å². The largest absolute Gasteiger partial charge is 0.369 e. The number of carbonyl (C=O) groups excluding carboxylic acids is 1. The van der Waals surface area contributed by atoms with Gasteiger partial charge in [-0.05, 0) is 67.6 Å². The molecule has 0 bridgehead atoms. The summed E-state index contributed by atoms with van der Waals surface area (Å²) in [6, 6.07) is 11.3. The van der Waals surface area contributed by atoms with Gasteiger partial charge in [-0.2, -0.15) is 4.31 Å². The van der Waals surface area contributed by atoms with Crippen LogP contribution in [0.2, 0.25) is 0 Å². The van der Waals surface area contributed by atoms with Crippen LogP contribution >= 0.6 is 0 Å². The van der Waals surface area contributed by atoms with E-state index in [1.807, 2.05) is 0 Å². The zero-order chi connectivity index (χ0) is 20.6. The van der Waals surface area contributed by atoms with E-state index in [9.17, 15) is 13.2 Å². The zero-order valence-electron chi connectivity index (χ0n) is 16.9. The minimum Gasteiger partial charge on any atom is -0.369 e. The second kappa shape index (κ2) is 7.80. The summed E-state index contributed by atoms with van der Waals surface area (Å²) in [4.78, 5) is 14.3. The van der Waals surface area contributed by atoms with Crippen LogP contribution in [0.3, 0.4) is 0 Å². The first-order valence-electron chi connectivity index (χ1n) is 10.1. The molecule has 0 radical (unpaired) electrons. The van der Waals surface area contributed by atoms with E-state index in [0.29, 0.717) is 43.9 Å². The fourth-order valence-corrected chi connectivity index (χ4v) is 5.58. The number of benzene rings is 2. The Morgan fingerprint density at radius 2 is 1.72 bits per heavy atom. The Balaban J connectivity index is 1.51. The van der Waals surface area contributed by atoms with Crippen molar-refractivity contribution >= 4 is 27.3 Å². The fraction of sp³-hybridized carbons (Fsp3) is 0.409. The van der Waals surface area contributed by atoms with E-state index in [2.05, 4.69) is 42.3 Å². The maximum Gasteiger partial charge on any atom is 0.243 e. The molecule has 29 heavy (non-hydrogen) atoms. The van der Waals surface area contributed by atoms with Gasteiger partial charge < -0.3 is 10.2 Å². The van der Waals surface area contributed by atoms with Crippen LogP contribution in [0.15, 0.2) is 41.3 Å². The van der Waals surface area contributed by atoms with Crippen molar-refractivity contribution in [1.29, 1.82) is 0 Å². The van der Waals surface area contributed by atoms with Crippen LogP contribution in [0.1, 0.15) is 29.5 Å². The lowest BCUT2D eigenvalue weighted by Crippen LogP contribution is -2.48. The molecule has 1 amide bonds. The second-order valence-electron chi connectivity index (χ2n) is 7.83. The lowest BCUT2D eigenvalue weighted by molar-refractivity contribution is -0.116. The molecule has 1 saturated heterocycles. The molecule has 154 valence electrons. The van der Waals surface area contributed by atoms with E-state index < -0.39 is 10.0 Å². The van der Waals surface area contributed by atoms with Gasteiger partial charge in [-0.15, -0.1) is 0 Å². The van der Waals surface area contributed by atoms with Gasteiger partial charge in [-0.1, -0.05) is 12.1 Å². The Bertz CT molecular complexity index is 1040. The lowest BCUT2D eigenvalue weighted by atomic mass is 10.1. The van der Waals surface area contributed by atoms with Crippen molar-refractivity contribution in [1.82, 2.24) is 4.31 Å². The molecule has 1 fully saturated rings. The highest BCUT2D eigenvalue weighted by molar-refractivity contribution is 7.89. The molecule has 2 aliphatic heterocycles. The molecule has 7 heteroatoms. The van der Waals surface area contributed by atoms with Gasteiger partial charge in [-0.25, -0.2) is 8.42 Å². The van der Waals surface area contributed by atoms with Crippen LogP contribution in [0.5, 0.6) is 0 Å². The molecule has 0 saturated carbocycles. The average Bonchev–Trinajstić information content (AvgIpc) is 2.90. The third-order valence-electron chi connectivity index (χ3n) is 5.99. The maximum absolute atomic E-state index is 13.2. The number of amides is 1. The fourth-order valence-electron chi connectivity index (χ4n) is 4.11. The number of hydrogen-bond acceptors (Lipinski definition) is 4. The quantitative estimate of drug-likeness (QED) is 0.840. The molecule has 0 aromatic heterocycles. The van der Waals surface area contributed by atoms with E-state index in [1.54, 1.807) is 22.5 Å². The van der Waals surface area contributed by atoms with Crippen LogP contribution in [0, 0.1) is 13.8 Å². The van der Waals surface area contributed by atoms with Gasteiger partial charge >= 0.3 is 0 Å². The Morgan fingerprint density at radius 3 is 2.48 bits per heavy atom. The third kappa shape index (κ3) is 3.89. The predicted molar refractivity (Wildman–Crippen MR) is 115 cm³/mol. The minimum absolute atomic E-state index is 0.0121. The Hall–Kier alpha value is -2.38. The number of nitrogens with zero attached hydrogens (tertiary/aromatic N) is 2. The number of nitrogens with one attached hydrogen (secondary N) is 1. The highest BCUT2D eigenvalue weighted by Gasteiger charge is 2.30. The number of hydrogen-bond donors (Lipinski definition) is 1. The summed E-state index contributed by atoms with van der Waals surface area (Å²) in [7, 11) is -3.55. The van der Waals surface area contributed by atoms with Crippen LogP contribution in [-0.2, 0) is 21.2 Å². The molecule has 0 aliphatic carbocycles. The van der Waals surface area contributed by atoms with Gasteiger partial charge in [-0.3, -0.25) is 4.79 Å². The Kier molecular flexibility index (Phi) is 5.36. The number of sulfonamides is 1. The van der Waals surface area contributed by atoms with E-state index >= 15 is 0 Å². The predicted octanol–water partition coefficient (Wildman–Crippen LogP) is 3.09. The molecule has 2 aromatic rings. The van der Waals surface area contributed by atoms with E-state index in [0.717, 1.165) is 17.7 Å². The van der Waals surface area contributed by atoms with Gasteiger partial charge in [0.15, 0.2) is 0 Å². The van der Waals surface area contributed by atoms with Gasteiger partial charge in [0.05, 0.1) is 4.90 Å². The summed E-state index contributed by atoms with van der Waals surface area (Å²) >= 11 is 0. The van der Waals surface area contributed by atoms with Crippen LogP contribution in [-0.4, -0.2) is 44.8 Å². The van der Waals surface area contributed by atoms with Gasteiger partial charge in [0, 0.05) is 44.0 Å². The van der Waals surface area contributed by atoms with Crippen LogP contribution in [0.25, 0.3) is 0 Å². The lowest BCUT2D eigenvalue weighted by Gasteiger charge is -2.36. The Morgan fingerprint density at radius 1 is 0.966 bits per heavy atom. The molecule has 0 spiro atoms. The molecule has 0 atom stereocenters. The van der Waals surface area contributed by atoms with Crippen molar-refractivity contribution in [2.24, 2.45) is 0 Å². The first-order chi connectivity index (χ1) is 13.9. The highest BCUT2D eigenvalue weighted by atomic mass is 32.2. The molecular formula is C22H27N3O3S. The molecule has 4 rings (SSSR count). The van der Waals surface area contributed by atoms with Crippen molar-refractivity contribution in [2.75, 3.05) is 36.4 Å². The van der Waals surface area contributed by atoms with Crippen LogP contribution < -0.4 is 10.2 Å². The molecule has 6 nitrogen and oxygen atoms in total. The number of fused-ring (bicyclic) bond motifs is 1. The number of piperazine rings is 1. The molecule has 0 unspecified atom stereocenters.